The number of ether oxygens (including phenoxy) is 1. The van der Waals surface area contributed by atoms with E-state index in [4.69, 9.17) is 4.74 Å². The van der Waals surface area contributed by atoms with Crippen LogP contribution in [0.2, 0.25) is 0 Å². The number of Topliss-reactive ketones (excluding diaryl/α,β-unsaturated/α-hetero) is 1. The van der Waals surface area contributed by atoms with Crippen LogP contribution < -0.4 is 0 Å². The number of hydrogen-bond acceptors (Lipinski definition) is 2. The third-order valence-electron chi connectivity index (χ3n) is 3.73. The Bertz CT molecular complexity index is 417. The summed E-state index contributed by atoms with van der Waals surface area (Å²) in [4.78, 5) is 12.2. The summed E-state index contributed by atoms with van der Waals surface area (Å²) in [5.41, 5.74) is 3.32. The molecule has 1 aliphatic heterocycles. The van der Waals surface area contributed by atoms with Gasteiger partial charge < -0.3 is 4.74 Å². The van der Waals surface area contributed by atoms with Crippen molar-refractivity contribution in [1.82, 2.24) is 0 Å². The molecule has 0 amide bonds. The Labute approximate surface area is 95.6 Å². The molecule has 0 N–H and O–H groups in total. The summed E-state index contributed by atoms with van der Waals surface area (Å²) < 4.78 is 5.36. The minimum absolute atomic E-state index is 0.278. The number of rotatable bonds is 2. The second-order valence-electron chi connectivity index (χ2n) is 4.82. The van der Waals surface area contributed by atoms with E-state index in [-0.39, 0.29) is 5.92 Å². The van der Waals surface area contributed by atoms with E-state index in [0.29, 0.717) is 19.0 Å². The number of hydrogen-bond donors (Lipinski definition) is 0. The van der Waals surface area contributed by atoms with Crippen molar-refractivity contribution in [2.24, 2.45) is 5.92 Å². The van der Waals surface area contributed by atoms with Gasteiger partial charge in [0.05, 0.1) is 13.2 Å². The molecule has 84 valence electrons. The summed E-state index contributed by atoms with van der Waals surface area (Å²) in [5, 5.41) is 0. The second-order valence-corrected chi connectivity index (χ2v) is 4.82. The van der Waals surface area contributed by atoms with Gasteiger partial charge in [0.25, 0.3) is 0 Å². The summed E-state index contributed by atoms with van der Waals surface area (Å²) in [5.74, 6) is 0.618. The Hall–Kier alpha value is -1.15. The van der Waals surface area contributed by atoms with E-state index in [1.165, 1.54) is 24.0 Å². The monoisotopic (exact) mass is 216 g/mol. The van der Waals surface area contributed by atoms with E-state index in [9.17, 15) is 4.79 Å². The van der Waals surface area contributed by atoms with E-state index in [0.717, 1.165) is 18.4 Å². The lowest BCUT2D eigenvalue weighted by atomic mass is 9.94. The maximum absolute atomic E-state index is 12.2. The highest BCUT2D eigenvalue weighted by Gasteiger charge is 2.24. The molecule has 1 aliphatic carbocycles. The fourth-order valence-electron chi connectivity index (χ4n) is 2.75. The van der Waals surface area contributed by atoms with E-state index in [1.54, 1.807) is 0 Å². The Morgan fingerprint density at radius 1 is 1.12 bits per heavy atom. The first kappa shape index (κ1) is 10.0. The van der Waals surface area contributed by atoms with Gasteiger partial charge >= 0.3 is 0 Å². The zero-order chi connectivity index (χ0) is 11.0. The molecule has 0 aromatic heterocycles. The third-order valence-corrected chi connectivity index (χ3v) is 3.73. The molecule has 2 heteroatoms. The molecule has 1 saturated carbocycles. The van der Waals surface area contributed by atoms with Crippen LogP contribution >= 0.6 is 0 Å². The molecule has 0 unspecified atom stereocenters. The summed E-state index contributed by atoms with van der Waals surface area (Å²) in [6.07, 6.45) is 4.58. The first-order valence-electron chi connectivity index (χ1n) is 6.08. The van der Waals surface area contributed by atoms with Gasteiger partial charge in [0.1, 0.15) is 0 Å². The van der Waals surface area contributed by atoms with Crippen LogP contribution in [0.1, 0.15) is 47.2 Å². The molecular formula is C14H16O2. The van der Waals surface area contributed by atoms with Gasteiger partial charge in [-0.15, -0.1) is 0 Å². The molecule has 0 saturated heterocycles. The molecule has 16 heavy (non-hydrogen) atoms. The van der Waals surface area contributed by atoms with Crippen molar-refractivity contribution >= 4 is 5.78 Å². The van der Waals surface area contributed by atoms with Crippen LogP contribution in [0.25, 0.3) is 0 Å². The first-order valence-corrected chi connectivity index (χ1v) is 6.08. The van der Waals surface area contributed by atoms with Gasteiger partial charge in [0.2, 0.25) is 0 Å². The molecule has 1 heterocycles. The molecule has 0 atom stereocenters. The predicted molar refractivity (Wildman–Crippen MR) is 61.2 cm³/mol. The standard InChI is InChI=1S/C14H16O2/c15-14(10-3-1-2-4-10)11-5-6-12-8-16-9-13(12)7-11/h5-7,10H,1-4,8-9H2. The van der Waals surface area contributed by atoms with Gasteiger partial charge in [-0.05, 0) is 30.0 Å². The molecule has 1 aromatic rings. The number of ketones is 1. The lowest BCUT2D eigenvalue weighted by molar-refractivity contribution is 0.0922. The zero-order valence-electron chi connectivity index (χ0n) is 9.37. The summed E-state index contributed by atoms with van der Waals surface area (Å²) in [7, 11) is 0. The van der Waals surface area contributed by atoms with Gasteiger partial charge in [0, 0.05) is 11.5 Å². The van der Waals surface area contributed by atoms with E-state index in [1.807, 2.05) is 18.2 Å². The molecule has 0 bridgehead atoms. The van der Waals surface area contributed by atoms with Gasteiger partial charge in [-0.1, -0.05) is 25.0 Å². The molecule has 3 rings (SSSR count). The number of carbonyl (C=O) groups excluding carboxylic acids is 1. The number of benzene rings is 1. The highest BCUT2D eigenvalue weighted by Crippen LogP contribution is 2.29. The van der Waals surface area contributed by atoms with Crippen molar-refractivity contribution in [1.29, 1.82) is 0 Å². The first-order chi connectivity index (χ1) is 7.84. The van der Waals surface area contributed by atoms with Crippen molar-refractivity contribution in [3.8, 4) is 0 Å². The van der Waals surface area contributed by atoms with Crippen LogP contribution in [0.15, 0.2) is 18.2 Å². The molecular weight excluding hydrogens is 200 g/mol. The molecule has 2 aliphatic rings. The van der Waals surface area contributed by atoms with Crippen LogP contribution in [0.3, 0.4) is 0 Å². The highest BCUT2D eigenvalue weighted by atomic mass is 16.5. The molecule has 2 nitrogen and oxygen atoms in total. The average Bonchev–Trinajstić information content (AvgIpc) is 2.98. The van der Waals surface area contributed by atoms with Gasteiger partial charge in [-0.3, -0.25) is 4.79 Å². The van der Waals surface area contributed by atoms with Crippen LogP contribution in [0.4, 0.5) is 0 Å². The van der Waals surface area contributed by atoms with Crippen molar-refractivity contribution in [3.05, 3.63) is 34.9 Å². The topological polar surface area (TPSA) is 26.3 Å². The Morgan fingerprint density at radius 2 is 1.88 bits per heavy atom. The van der Waals surface area contributed by atoms with E-state index in [2.05, 4.69) is 0 Å². The van der Waals surface area contributed by atoms with Gasteiger partial charge in [-0.25, -0.2) is 0 Å². The molecule has 0 spiro atoms. The second kappa shape index (κ2) is 4.02. The third kappa shape index (κ3) is 1.67. The largest absolute Gasteiger partial charge is 0.372 e. The Morgan fingerprint density at radius 3 is 2.69 bits per heavy atom. The van der Waals surface area contributed by atoms with Crippen LogP contribution in [-0.4, -0.2) is 5.78 Å². The van der Waals surface area contributed by atoms with Crippen LogP contribution in [0, 0.1) is 5.92 Å². The lowest BCUT2D eigenvalue weighted by Gasteiger charge is -2.08. The predicted octanol–water partition coefficient (Wildman–Crippen LogP) is 3.09. The van der Waals surface area contributed by atoms with Crippen molar-refractivity contribution in [2.45, 2.75) is 38.9 Å². The zero-order valence-corrected chi connectivity index (χ0v) is 9.37. The van der Waals surface area contributed by atoms with Crippen LogP contribution in [-0.2, 0) is 18.0 Å². The number of carbonyl (C=O) groups is 1. The maximum Gasteiger partial charge on any atom is 0.165 e. The van der Waals surface area contributed by atoms with Crippen molar-refractivity contribution in [3.63, 3.8) is 0 Å². The highest BCUT2D eigenvalue weighted by molar-refractivity contribution is 5.98. The van der Waals surface area contributed by atoms with Gasteiger partial charge in [-0.2, -0.15) is 0 Å². The molecule has 1 fully saturated rings. The SMILES string of the molecule is O=C(c1ccc2c(c1)COC2)C1CCCC1. The minimum atomic E-state index is 0.278. The van der Waals surface area contributed by atoms with Gasteiger partial charge in [0.15, 0.2) is 5.78 Å². The summed E-state index contributed by atoms with van der Waals surface area (Å²) in [6.45, 7) is 1.37. The number of fused-ring (bicyclic) bond motifs is 1. The molecule has 0 radical (unpaired) electrons. The van der Waals surface area contributed by atoms with Crippen LogP contribution in [0.5, 0.6) is 0 Å². The summed E-state index contributed by atoms with van der Waals surface area (Å²) in [6, 6.07) is 6.04. The fraction of sp³-hybridized carbons (Fsp3) is 0.500. The fourth-order valence-corrected chi connectivity index (χ4v) is 2.75. The minimum Gasteiger partial charge on any atom is -0.372 e. The Balaban J connectivity index is 1.86. The average molecular weight is 216 g/mol. The molecule has 1 aromatic carbocycles. The quantitative estimate of drug-likeness (QED) is 0.710. The van der Waals surface area contributed by atoms with Crippen molar-refractivity contribution in [2.75, 3.05) is 0 Å². The van der Waals surface area contributed by atoms with Crippen molar-refractivity contribution < 1.29 is 9.53 Å². The summed E-state index contributed by atoms with van der Waals surface area (Å²) >= 11 is 0. The maximum atomic E-state index is 12.2. The Kier molecular flexibility index (Phi) is 2.52. The van der Waals surface area contributed by atoms with E-state index >= 15 is 0 Å². The lowest BCUT2D eigenvalue weighted by Crippen LogP contribution is -2.11. The van der Waals surface area contributed by atoms with E-state index < -0.39 is 0 Å². The normalized spacial score (nSPS) is 20.0. The smallest absolute Gasteiger partial charge is 0.165 e.